The third-order valence-corrected chi connectivity index (χ3v) is 8.10. The zero-order chi connectivity index (χ0) is 25.3. The second-order valence-corrected chi connectivity index (χ2v) is 10.5. The van der Waals surface area contributed by atoms with Gasteiger partial charge in [-0.3, -0.25) is 19.3 Å². The number of anilines is 1. The van der Waals surface area contributed by atoms with Gasteiger partial charge in [0.1, 0.15) is 17.1 Å². The van der Waals surface area contributed by atoms with Gasteiger partial charge in [0.25, 0.3) is 11.8 Å². The summed E-state index contributed by atoms with van der Waals surface area (Å²) < 4.78 is 0. The Morgan fingerprint density at radius 1 is 1.34 bits per heavy atom. The molecule has 1 unspecified atom stereocenters. The van der Waals surface area contributed by atoms with Gasteiger partial charge in [0, 0.05) is 16.4 Å². The molecular weight excluding hydrogens is 520 g/mol. The quantitative estimate of drug-likeness (QED) is 0.183. The van der Waals surface area contributed by atoms with Gasteiger partial charge in [-0.15, -0.1) is 33.3 Å². The third-order valence-electron chi connectivity index (χ3n) is 4.86. The van der Waals surface area contributed by atoms with Gasteiger partial charge in [0.2, 0.25) is 5.16 Å². The fourth-order valence-corrected chi connectivity index (χ4v) is 6.35. The number of thiazole rings is 1. The Morgan fingerprint density at radius 3 is 2.71 bits per heavy atom. The smallest absolute Gasteiger partial charge is 0.352 e. The van der Waals surface area contributed by atoms with Crippen LogP contribution in [-0.4, -0.2) is 86.5 Å². The Morgan fingerprint density at radius 2 is 2.11 bits per heavy atom. The van der Waals surface area contributed by atoms with Crippen LogP contribution in [0.2, 0.25) is 0 Å². The number of fused-ring (bicyclic) bond motifs is 1. The van der Waals surface area contributed by atoms with Crippen LogP contribution in [0.1, 0.15) is 12.1 Å². The topological polar surface area (TPSA) is 207 Å². The molecule has 184 valence electrons. The monoisotopic (exact) mass is 538 g/mol. The number of amides is 2. The molecule has 1 saturated heterocycles. The predicted octanol–water partition coefficient (Wildman–Crippen LogP) is -0.364. The molecule has 3 atom stereocenters. The molecule has 1 fully saturated rings. The van der Waals surface area contributed by atoms with E-state index in [4.69, 9.17) is 10.8 Å². The molecule has 35 heavy (non-hydrogen) atoms. The number of β-lactam (4-membered cyclic amide) rings is 1. The van der Waals surface area contributed by atoms with Crippen molar-refractivity contribution in [2.75, 3.05) is 11.5 Å². The fraction of sp³-hybridized carbons (Fsp3) is 0.333. The molecule has 0 spiro atoms. The second kappa shape index (κ2) is 10.0. The first kappa shape index (κ1) is 24.7. The van der Waals surface area contributed by atoms with Crippen molar-refractivity contribution in [1.29, 1.82) is 0 Å². The molecule has 2 amide bonds. The SMILES string of the molecule is Cn1nnc(SCC2C=C(C(=O)O)N3C(=O)[C@@H](NC(=O)C(=CCC(=O)O)c4csc(N)n4)[C@H]3S2)n1. The Hall–Kier alpha value is -3.44. The highest BCUT2D eigenvalue weighted by Crippen LogP contribution is 2.42. The number of rotatable bonds is 9. The number of hydrogen-bond donors (Lipinski definition) is 4. The number of carboxylic acids is 2. The first-order chi connectivity index (χ1) is 16.6. The minimum atomic E-state index is -1.26. The summed E-state index contributed by atoms with van der Waals surface area (Å²) in [5, 5.41) is 34.1. The van der Waals surface area contributed by atoms with Crippen LogP contribution in [0, 0.1) is 0 Å². The molecule has 2 aliphatic rings. The summed E-state index contributed by atoms with van der Waals surface area (Å²) in [6, 6.07) is -1.01. The van der Waals surface area contributed by atoms with Gasteiger partial charge in [0.05, 0.1) is 24.7 Å². The van der Waals surface area contributed by atoms with Crippen LogP contribution in [0.25, 0.3) is 5.57 Å². The van der Waals surface area contributed by atoms with Crippen LogP contribution in [0.3, 0.4) is 0 Å². The minimum Gasteiger partial charge on any atom is -0.481 e. The first-order valence-electron chi connectivity index (χ1n) is 9.88. The third kappa shape index (κ3) is 5.30. The van der Waals surface area contributed by atoms with Gasteiger partial charge in [-0.1, -0.05) is 17.8 Å². The summed E-state index contributed by atoms with van der Waals surface area (Å²) in [4.78, 5) is 55.1. The first-order valence-corrected chi connectivity index (χ1v) is 12.7. The largest absolute Gasteiger partial charge is 0.481 e. The van der Waals surface area contributed by atoms with Gasteiger partial charge in [0.15, 0.2) is 5.13 Å². The van der Waals surface area contributed by atoms with Crippen molar-refractivity contribution in [3.63, 3.8) is 0 Å². The zero-order valence-electron chi connectivity index (χ0n) is 17.9. The summed E-state index contributed by atoms with van der Waals surface area (Å²) in [5.74, 6) is -3.30. The maximum atomic E-state index is 13.0. The number of aryl methyl sites for hydroxylation is 1. The molecule has 5 N–H and O–H groups in total. The summed E-state index contributed by atoms with van der Waals surface area (Å²) in [5.41, 5.74) is 5.61. The number of aliphatic carboxylic acids is 2. The van der Waals surface area contributed by atoms with E-state index in [0.29, 0.717) is 10.9 Å². The van der Waals surface area contributed by atoms with E-state index in [9.17, 15) is 24.3 Å². The Balaban J connectivity index is 1.50. The van der Waals surface area contributed by atoms with E-state index in [1.54, 1.807) is 7.05 Å². The lowest BCUT2D eigenvalue weighted by Gasteiger charge is -2.49. The fourth-order valence-electron chi connectivity index (χ4n) is 3.34. The molecule has 0 radical (unpaired) electrons. The van der Waals surface area contributed by atoms with Crippen molar-refractivity contribution in [3.8, 4) is 0 Å². The number of carbonyl (C=O) groups is 4. The van der Waals surface area contributed by atoms with Crippen molar-refractivity contribution < 1.29 is 29.4 Å². The molecule has 14 nitrogen and oxygen atoms in total. The highest BCUT2D eigenvalue weighted by Gasteiger charge is 2.54. The number of carboxylic acid groups (broad SMARTS) is 2. The van der Waals surface area contributed by atoms with E-state index >= 15 is 0 Å². The number of nitrogens with one attached hydrogen (secondary N) is 1. The number of aromatic nitrogens is 5. The molecule has 2 aromatic heterocycles. The van der Waals surface area contributed by atoms with Gasteiger partial charge >= 0.3 is 11.9 Å². The minimum absolute atomic E-state index is 0.0396. The van der Waals surface area contributed by atoms with Crippen molar-refractivity contribution in [2.24, 2.45) is 7.05 Å². The van der Waals surface area contributed by atoms with Crippen molar-refractivity contribution >= 4 is 69.3 Å². The van der Waals surface area contributed by atoms with E-state index < -0.39 is 41.6 Å². The van der Waals surface area contributed by atoms with Crippen molar-refractivity contribution in [1.82, 2.24) is 35.4 Å². The van der Waals surface area contributed by atoms with E-state index in [1.165, 1.54) is 45.9 Å². The highest BCUT2D eigenvalue weighted by molar-refractivity contribution is 8.03. The zero-order valence-corrected chi connectivity index (χ0v) is 20.3. The number of tetrazole rings is 1. The molecule has 4 heterocycles. The molecule has 0 bridgehead atoms. The molecule has 2 aliphatic heterocycles. The van der Waals surface area contributed by atoms with Crippen molar-refractivity contribution in [3.05, 3.63) is 28.9 Å². The van der Waals surface area contributed by atoms with E-state index in [2.05, 4.69) is 25.7 Å². The number of carbonyl (C=O) groups excluding carboxylic acids is 2. The van der Waals surface area contributed by atoms with Crippen LogP contribution in [-0.2, 0) is 26.2 Å². The number of hydrogen-bond acceptors (Lipinski definition) is 12. The van der Waals surface area contributed by atoms with Gasteiger partial charge in [-0.05, 0) is 11.3 Å². The molecule has 0 saturated carbocycles. The van der Waals surface area contributed by atoms with E-state index in [1.807, 2.05) is 0 Å². The molecule has 2 aromatic rings. The molecule has 4 rings (SSSR count). The summed E-state index contributed by atoms with van der Waals surface area (Å²) in [6.07, 6.45) is 2.24. The Kier molecular flexibility index (Phi) is 7.08. The van der Waals surface area contributed by atoms with Crippen LogP contribution in [0.15, 0.2) is 28.4 Å². The van der Waals surface area contributed by atoms with Crippen LogP contribution < -0.4 is 11.1 Å². The standard InChI is InChI=1S/C18H18N8O6S3/c1-25-23-18(22-24-25)34-5-7-4-10(16(31)32)26-14(30)12(15(26)35-7)21-13(29)8(2-3-11(27)28)9-6-33-17(19)20-9/h2,4,6-7,12,15H,3,5H2,1H3,(H2,19,20)(H,21,29)(H,27,28)(H,31,32)/t7?,12-,15-/m1/s1. The lowest BCUT2D eigenvalue weighted by molar-refractivity contribution is -0.150. The van der Waals surface area contributed by atoms with Gasteiger partial charge in [-0.25, -0.2) is 9.78 Å². The van der Waals surface area contributed by atoms with Crippen molar-refractivity contribution in [2.45, 2.75) is 28.2 Å². The number of thioether (sulfide) groups is 2. The van der Waals surface area contributed by atoms with Crippen LogP contribution in [0.5, 0.6) is 0 Å². The summed E-state index contributed by atoms with van der Waals surface area (Å²) in [6.45, 7) is 0. The molecule has 17 heteroatoms. The lowest BCUT2D eigenvalue weighted by Crippen LogP contribution is -2.70. The van der Waals surface area contributed by atoms with Gasteiger partial charge in [-0.2, -0.15) is 4.80 Å². The highest BCUT2D eigenvalue weighted by atomic mass is 32.2. The second-order valence-electron chi connectivity index (χ2n) is 7.24. The summed E-state index contributed by atoms with van der Waals surface area (Å²) in [7, 11) is 1.62. The molecule has 0 aromatic carbocycles. The maximum absolute atomic E-state index is 13.0. The van der Waals surface area contributed by atoms with Crippen LogP contribution in [0.4, 0.5) is 5.13 Å². The van der Waals surface area contributed by atoms with Crippen LogP contribution >= 0.6 is 34.9 Å². The lowest BCUT2D eigenvalue weighted by atomic mass is 10.0. The Labute approximate surface area is 209 Å². The number of nitrogen functional groups attached to an aromatic ring is 1. The van der Waals surface area contributed by atoms with Gasteiger partial charge < -0.3 is 21.3 Å². The molecular formula is C18H18N8O6S3. The van der Waals surface area contributed by atoms with E-state index in [0.717, 1.165) is 16.2 Å². The Bertz CT molecular complexity index is 1260. The number of nitrogens with two attached hydrogens (primary N) is 1. The normalized spacial score (nSPS) is 21.7. The summed E-state index contributed by atoms with van der Waals surface area (Å²) >= 11 is 3.67. The maximum Gasteiger partial charge on any atom is 0.352 e. The molecule has 0 aliphatic carbocycles. The average Bonchev–Trinajstić information content (AvgIpc) is 3.42. The number of nitrogens with zero attached hydrogens (tertiary/aromatic N) is 6. The van der Waals surface area contributed by atoms with E-state index in [-0.39, 0.29) is 27.3 Å². The average molecular weight is 539 g/mol. The predicted molar refractivity (Wildman–Crippen MR) is 126 cm³/mol.